The third-order valence-corrected chi connectivity index (χ3v) is 4.41. The number of aliphatic hydroxyl groups is 1. The van der Waals surface area contributed by atoms with Crippen molar-refractivity contribution >= 4 is 5.97 Å². The molecule has 2 atom stereocenters. The first-order valence-corrected chi connectivity index (χ1v) is 8.82. The molecule has 0 radical (unpaired) electrons. The highest BCUT2D eigenvalue weighted by Gasteiger charge is 2.22. The van der Waals surface area contributed by atoms with Gasteiger partial charge in [-0.3, -0.25) is 0 Å². The van der Waals surface area contributed by atoms with Crippen LogP contribution in [0.2, 0.25) is 0 Å². The maximum atomic E-state index is 11.4. The van der Waals surface area contributed by atoms with Crippen LogP contribution < -0.4 is 4.74 Å². The van der Waals surface area contributed by atoms with Crippen LogP contribution in [0.1, 0.15) is 45.1 Å². The summed E-state index contributed by atoms with van der Waals surface area (Å²) in [7, 11) is 0. The van der Waals surface area contributed by atoms with Crippen LogP contribution in [-0.4, -0.2) is 30.4 Å². The average molecular weight is 332 g/mol. The molecule has 0 heterocycles. The number of carbonyl (C=O) groups excluding carboxylic acids is 1. The lowest BCUT2D eigenvalue weighted by Crippen LogP contribution is -2.26. The van der Waals surface area contributed by atoms with Crippen molar-refractivity contribution in [3.05, 3.63) is 41.5 Å². The van der Waals surface area contributed by atoms with E-state index >= 15 is 0 Å². The van der Waals surface area contributed by atoms with Gasteiger partial charge in [-0.1, -0.05) is 25.0 Å². The first kappa shape index (κ1) is 18.5. The summed E-state index contributed by atoms with van der Waals surface area (Å²) < 4.78 is 10.6. The molecule has 1 aliphatic carbocycles. The van der Waals surface area contributed by atoms with Gasteiger partial charge in [-0.15, -0.1) is 0 Å². The van der Waals surface area contributed by atoms with E-state index in [0.29, 0.717) is 19.1 Å². The Balaban J connectivity index is 1.82. The Morgan fingerprint density at radius 3 is 2.62 bits per heavy atom. The van der Waals surface area contributed by atoms with Crippen LogP contribution in [0.5, 0.6) is 5.75 Å². The fourth-order valence-electron chi connectivity index (χ4n) is 3.07. The third-order valence-electron chi connectivity index (χ3n) is 4.41. The highest BCUT2D eigenvalue weighted by molar-refractivity contribution is 5.82. The normalized spacial score (nSPS) is 21.4. The van der Waals surface area contributed by atoms with E-state index in [0.717, 1.165) is 37.0 Å². The molecule has 0 aliphatic heterocycles. The molecule has 1 aromatic rings. The number of aliphatic hydroxyl groups excluding tert-OH is 1. The van der Waals surface area contributed by atoms with E-state index < -0.39 is 0 Å². The van der Waals surface area contributed by atoms with Gasteiger partial charge in [0.05, 0.1) is 12.7 Å². The fraction of sp³-hybridized carbons (Fsp3) is 0.550. The molecule has 0 bridgehead atoms. The molecule has 0 unspecified atom stereocenters. The van der Waals surface area contributed by atoms with Crippen LogP contribution in [-0.2, 0) is 16.0 Å². The van der Waals surface area contributed by atoms with E-state index in [-0.39, 0.29) is 12.1 Å². The number of benzene rings is 1. The number of esters is 1. The zero-order chi connectivity index (χ0) is 17.4. The second-order valence-corrected chi connectivity index (χ2v) is 6.49. The Morgan fingerprint density at radius 2 is 1.96 bits per heavy atom. The Bertz CT molecular complexity index is 547. The summed E-state index contributed by atoms with van der Waals surface area (Å²) in [5, 5.41) is 10.1. The number of carbonyl (C=O) groups is 1. The molecule has 4 heteroatoms. The minimum absolute atomic E-state index is 0.162. The van der Waals surface area contributed by atoms with Gasteiger partial charge < -0.3 is 14.6 Å². The molecule has 1 saturated carbocycles. The highest BCUT2D eigenvalue weighted by atomic mass is 16.5. The van der Waals surface area contributed by atoms with Crippen molar-refractivity contribution in [2.75, 3.05) is 13.2 Å². The number of rotatable bonds is 7. The van der Waals surface area contributed by atoms with Crippen molar-refractivity contribution in [2.24, 2.45) is 5.92 Å². The molecular weight excluding hydrogens is 304 g/mol. The largest absolute Gasteiger partial charge is 0.489 e. The Labute approximate surface area is 144 Å². The summed E-state index contributed by atoms with van der Waals surface area (Å²) in [4.78, 5) is 11.4. The number of ether oxygens (including phenoxy) is 2. The molecule has 0 aromatic heterocycles. The van der Waals surface area contributed by atoms with Crippen LogP contribution in [0.3, 0.4) is 0 Å². The van der Waals surface area contributed by atoms with Crippen LogP contribution in [0.15, 0.2) is 35.9 Å². The molecular formula is C20H28O4. The molecule has 2 rings (SSSR count). The van der Waals surface area contributed by atoms with E-state index in [1.165, 1.54) is 18.1 Å². The van der Waals surface area contributed by atoms with Gasteiger partial charge in [0, 0.05) is 6.08 Å². The van der Waals surface area contributed by atoms with Gasteiger partial charge in [0.25, 0.3) is 0 Å². The first-order chi connectivity index (χ1) is 11.6. The van der Waals surface area contributed by atoms with Crippen LogP contribution in [0.25, 0.3) is 0 Å². The summed E-state index contributed by atoms with van der Waals surface area (Å²) in [5.41, 5.74) is 2.05. The van der Waals surface area contributed by atoms with Gasteiger partial charge in [-0.2, -0.15) is 0 Å². The molecule has 1 aliphatic rings. The van der Waals surface area contributed by atoms with Crippen molar-refractivity contribution < 1.29 is 19.4 Å². The second-order valence-electron chi connectivity index (χ2n) is 6.49. The maximum Gasteiger partial charge on any atom is 0.330 e. The Hall–Kier alpha value is -1.81. The van der Waals surface area contributed by atoms with Gasteiger partial charge in [0.2, 0.25) is 0 Å². The Morgan fingerprint density at radius 1 is 1.25 bits per heavy atom. The zero-order valence-corrected chi connectivity index (χ0v) is 14.7. The van der Waals surface area contributed by atoms with E-state index in [9.17, 15) is 9.90 Å². The SMILES string of the molecule is CCOC(=O)/C=C(/C)COc1ccc(C[C@@H]2CCCC[C@@H]2O)cc1. The monoisotopic (exact) mass is 332 g/mol. The van der Waals surface area contributed by atoms with Crippen molar-refractivity contribution in [3.8, 4) is 5.75 Å². The lowest BCUT2D eigenvalue weighted by molar-refractivity contribution is -0.137. The predicted octanol–water partition coefficient (Wildman–Crippen LogP) is 3.67. The molecule has 132 valence electrons. The lowest BCUT2D eigenvalue weighted by atomic mass is 9.82. The quantitative estimate of drug-likeness (QED) is 0.611. The van der Waals surface area contributed by atoms with Crippen LogP contribution in [0, 0.1) is 5.92 Å². The van der Waals surface area contributed by atoms with Crippen LogP contribution in [0.4, 0.5) is 0 Å². The smallest absolute Gasteiger partial charge is 0.330 e. The minimum atomic E-state index is -0.333. The van der Waals surface area contributed by atoms with E-state index in [2.05, 4.69) is 12.1 Å². The van der Waals surface area contributed by atoms with Crippen molar-refractivity contribution in [3.63, 3.8) is 0 Å². The van der Waals surface area contributed by atoms with Gasteiger partial charge in [0.1, 0.15) is 12.4 Å². The van der Waals surface area contributed by atoms with Crippen molar-refractivity contribution in [1.29, 1.82) is 0 Å². The molecule has 1 N–H and O–H groups in total. The predicted molar refractivity (Wildman–Crippen MR) is 94.0 cm³/mol. The topological polar surface area (TPSA) is 55.8 Å². The van der Waals surface area contributed by atoms with E-state index in [4.69, 9.17) is 9.47 Å². The standard InChI is InChI=1S/C20H28O4/c1-3-23-20(22)12-15(2)14-24-18-10-8-16(9-11-18)13-17-6-4-5-7-19(17)21/h8-12,17,19,21H,3-7,13-14H2,1-2H3/b15-12-/t17-,19-/m0/s1. The van der Waals surface area contributed by atoms with Gasteiger partial charge in [-0.25, -0.2) is 4.79 Å². The fourth-order valence-corrected chi connectivity index (χ4v) is 3.07. The summed E-state index contributed by atoms with van der Waals surface area (Å²) in [6.07, 6.45) is 6.61. The lowest BCUT2D eigenvalue weighted by Gasteiger charge is -2.27. The average Bonchev–Trinajstić information content (AvgIpc) is 2.56. The van der Waals surface area contributed by atoms with Gasteiger partial charge in [0.15, 0.2) is 0 Å². The summed E-state index contributed by atoms with van der Waals surface area (Å²) >= 11 is 0. The van der Waals surface area contributed by atoms with E-state index in [1.807, 2.05) is 19.1 Å². The molecule has 4 nitrogen and oxygen atoms in total. The van der Waals surface area contributed by atoms with Gasteiger partial charge >= 0.3 is 5.97 Å². The maximum absolute atomic E-state index is 11.4. The molecule has 1 fully saturated rings. The van der Waals surface area contributed by atoms with E-state index in [1.54, 1.807) is 6.92 Å². The number of hydrogen-bond acceptors (Lipinski definition) is 4. The summed E-state index contributed by atoms with van der Waals surface area (Å²) in [6, 6.07) is 8.01. The van der Waals surface area contributed by atoms with Crippen molar-refractivity contribution in [2.45, 2.75) is 52.1 Å². The van der Waals surface area contributed by atoms with Crippen LogP contribution >= 0.6 is 0 Å². The van der Waals surface area contributed by atoms with Crippen molar-refractivity contribution in [1.82, 2.24) is 0 Å². The summed E-state index contributed by atoms with van der Waals surface area (Å²) in [5.74, 6) is 0.819. The molecule has 0 amide bonds. The second kappa shape index (κ2) is 9.48. The van der Waals surface area contributed by atoms with Gasteiger partial charge in [-0.05, 0) is 62.3 Å². The third kappa shape index (κ3) is 6.00. The first-order valence-electron chi connectivity index (χ1n) is 8.82. The molecule has 0 spiro atoms. The zero-order valence-electron chi connectivity index (χ0n) is 14.7. The minimum Gasteiger partial charge on any atom is -0.489 e. The molecule has 24 heavy (non-hydrogen) atoms. The summed E-state index contributed by atoms with van der Waals surface area (Å²) in [6.45, 7) is 4.36. The highest BCUT2D eigenvalue weighted by Crippen LogP contribution is 2.28. The molecule has 0 saturated heterocycles. The number of hydrogen-bond donors (Lipinski definition) is 1. The molecule has 1 aromatic carbocycles. The Kier molecular flexibility index (Phi) is 7.32.